The van der Waals surface area contributed by atoms with Gasteiger partial charge in [-0.15, -0.1) is 0 Å². The Balaban J connectivity index is 1.32. The summed E-state index contributed by atoms with van der Waals surface area (Å²) in [5.74, 6) is 0.366. The first-order valence-corrected chi connectivity index (χ1v) is 11.1. The number of hydrogen-bond acceptors (Lipinski definition) is 5. The Hall–Kier alpha value is -3.21. The zero-order valence-corrected chi connectivity index (χ0v) is 18.3. The molecular weight excluding hydrogens is 458 g/mol. The number of carbonyl (C=O) groups excluding carboxylic acids is 1. The standard InChI is InChI=1S/C22H21F4N5OS/c23-17-6-2-15(3-7-17)14-19-28-21(33-29-19)31-11-1-10-30(12-13-31)20(32)27-18-8-4-16(5-9-18)22(24,25)26/h2-9H,1,10-14H2,(H,27,32). The van der Waals surface area contributed by atoms with Crippen LogP contribution in [0.4, 0.5) is 33.2 Å². The number of anilines is 2. The van der Waals surface area contributed by atoms with Gasteiger partial charge in [-0.05, 0) is 48.4 Å². The summed E-state index contributed by atoms with van der Waals surface area (Å²) in [7, 11) is 0. The van der Waals surface area contributed by atoms with E-state index >= 15 is 0 Å². The largest absolute Gasteiger partial charge is 0.416 e. The molecule has 0 unspecified atom stereocenters. The summed E-state index contributed by atoms with van der Waals surface area (Å²) in [6, 6.07) is 10.2. The maximum Gasteiger partial charge on any atom is 0.416 e. The highest BCUT2D eigenvalue weighted by Gasteiger charge is 2.30. The number of aromatic nitrogens is 2. The van der Waals surface area contributed by atoms with Crippen molar-refractivity contribution >= 4 is 28.4 Å². The van der Waals surface area contributed by atoms with E-state index in [9.17, 15) is 22.4 Å². The molecule has 2 amide bonds. The molecule has 0 aliphatic carbocycles. The Kier molecular flexibility index (Phi) is 6.77. The van der Waals surface area contributed by atoms with Gasteiger partial charge in [0, 0.05) is 49.8 Å². The number of alkyl halides is 3. The normalized spacial score (nSPS) is 14.8. The van der Waals surface area contributed by atoms with Crippen molar-refractivity contribution in [2.24, 2.45) is 0 Å². The molecular formula is C22H21F4N5OS. The maximum atomic E-state index is 13.1. The highest BCUT2D eigenvalue weighted by atomic mass is 32.1. The quantitative estimate of drug-likeness (QED) is 0.533. The second-order valence-corrected chi connectivity index (χ2v) is 8.36. The first-order chi connectivity index (χ1) is 15.8. The molecule has 6 nitrogen and oxygen atoms in total. The lowest BCUT2D eigenvalue weighted by molar-refractivity contribution is -0.137. The van der Waals surface area contributed by atoms with Crippen molar-refractivity contribution in [3.05, 3.63) is 71.3 Å². The van der Waals surface area contributed by atoms with E-state index in [0.29, 0.717) is 50.5 Å². The van der Waals surface area contributed by atoms with Gasteiger partial charge in [-0.25, -0.2) is 14.2 Å². The summed E-state index contributed by atoms with van der Waals surface area (Å²) in [6.07, 6.45) is -3.19. The topological polar surface area (TPSA) is 61.4 Å². The van der Waals surface area contributed by atoms with Crippen LogP contribution in [0.2, 0.25) is 0 Å². The highest BCUT2D eigenvalue weighted by Crippen LogP contribution is 2.30. The van der Waals surface area contributed by atoms with Gasteiger partial charge < -0.3 is 15.1 Å². The molecule has 2 aromatic carbocycles. The molecule has 2 heterocycles. The second-order valence-electron chi connectivity index (χ2n) is 7.63. The van der Waals surface area contributed by atoms with E-state index in [1.54, 1.807) is 17.0 Å². The van der Waals surface area contributed by atoms with E-state index in [1.807, 2.05) is 0 Å². The van der Waals surface area contributed by atoms with Crippen LogP contribution in [0.15, 0.2) is 48.5 Å². The monoisotopic (exact) mass is 479 g/mol. The van der Waals surface area contributed by atoms with Gasteiger partial charge in [0.15, 0.2) is 0 Å². The molecule has 0 spiro atoms. The lowest BCUT2D eigenvalue weighted by Crippen LogP contribution is -2.38. The summed E-state index contributed by atoms with van der Waals surface area (Å²) >= 11 is 1.28. The van der Waals surface area contributed by atoms with E-state index in [4.69, 9.17) is 0 Å². The minimum Gasteiger partial charge on any atom is -0.345 e. The lowest BCUT2D eigenvalue weighted by Gasteiger charge is -2.22. The van der Waals surface area contributed by atoms with E-state index in [0.717, 1.165) is 22.8 Å². The fourth-order valence-corrected chi connectivity index (χ4v) is 4.22. The molecule has 1 saturated heterocycles. The average Bonchev–Trinajstić information content (AvgIpc) is 3.09. The molecule has 0 saturated carbocycles. The molecule has 11 heteroatoms. The predicted octanol–water partition coefficient (Wildman–Crippen LogP) is 5.03. The smallest absolute Gasteiger partial charge is 0.345 e. The molecule has 1 aliphatic rings. The van der Waals surface area contributed by atoms with Crippen LogP contribution < -0.4 is 10.2 Å². The van der Waals surface area contributed by atoms with Crippen LogP contribution in [-0.2, 0) is 12.6 Å². The average molecular weight is 480 g/mol. The van der Waals surface area contributed by atoms with E-state index in [2.05, 4.69) is 19.6 Å². The Morgan fingerprint density at radius 3 is 2.42 bits per heavy atom. The number of carbonyl (C=O) groups is 1. The zero-order chi connectivity index (χ0) is 23.4. The van der Waals surface area contributed by atoms with Gasteiger partial charge in [0.2, 0.25) is 5.13 Å². The number of urea groups is 1. The summed E-state index contributed by atoms with van der Waals surface area (Å²) in [5, 5.41) is 3.42. The fourth-order valence-electron chi connectivity index (χ4n) is 3.49. The predicted molar refractivity (Wildman–Crippen MR) is 118 cm³/mol. The van der Waals surface area contributed by atoms with Crippen LogP contribution in [0.3, 0.4) is 0 Å². The van der Waals surface area contributed by atoms with Crippen molar-refractivity contribution < 1.29 is 22.4 Å². The fraction of sp³-hybridized carbons (Fsp3) is 0.318. The first kappa shape index (κ1) is 23.0. The third kappa shape index (κ3) is 5.98. The number of halogens is 4. The molecule has 0 atom stereocenters. The van der Waals surface area contributed by atoms with Crippen molar-refractivity contribution in [2.75, 3.05) is 36.4 Å². The molecule has 4 rings (SSSR count). The van der Waals surface area contributed by atoms with Crippen LogP contribution in [0, 0.1) is 5.82 Å². The maximum absolute atomic E-state index is 13.1. The summed E-state index contributed by atoms with van der Waals surface area (Å²) in [5.41, 5.74) is 0.466. The zero-order valence-electron chi connectivity index (χ0n) is 17.5. The van der Waals surface area contributed by atoms with Gasteiger partial charge in [-0.2, -0.15) is 17.5 Å². The Morgan fingerprint density at radius 1 is 1.00 bits per heavy atom. The van der Waals surface area contributed by atoms with Crippen LogP contribution in [-0.4, -0.2) is 46.5 Å². The van der Waals surface area contributed by atoms with Crippen LogP contribution in [0.5, 0.6) is 0 Å². The van der Waals surface area contributed by atoms with Crippen LogP contribution in [0.25, 0.3) is 0 Å². The third-order valence-corrected chi connectivity index (χ3v) is 6.06. The number of nitrogens with zero attached hydrogens (tertiary/aromatic N) is 4. The first-order valence-electron chi connectivity index (χ1n) is 10.3. The molecule has 3 aromatic rings. The van der Waals surface area contributed by atoms with Crippen molar-refractivity contribution in [3.63, 3.8) is 0 Å². The van der Waals surface area contributed by atoms with Gasteiger partial charge in [0.05, 0.1) is 5.56 Å². The van der Waals surface area contributed by atoms with E-state index in [-0.39, 0.29) is 11.8 Å². The van der Waals surface area contributed by atoms with Gasteiger partial charge in [-0.3, -0.25) is 0 Å². The molecule has 1 fully saturated rings. The number of amides is 2. The van der Waals surface area contributed by atoms with Crippen molar-refractivity contribution in [3.8, 4) is 0 Å². The summed E-state index contributed by atoms with van der Waals surface area (Å²) < 4.78 is 55.6. The van der Waals surface area contributed by atoms with Crippen LogP contribution >= 0.6 is 11.5 Å². The van der Waals surface area contributed by atoms with E-state index in [1.165, 1.54) is 35.8 Å². The lowest BCUT2D eigenvalue weighted by atomic mass is 10.1. The molecule has 0 bridgehead atoms. The molecule has 0 radical (unpaired) electrons. The Labute approximate surface area is 192 Å². The minimum atomic E-state index is -4.42. The molecule has 1 aromatic heterocycles. The second kappa shape index (κ2) is 9.74. The van der Waals surface area contributed by atoms with Crippen LogP contribution in [0.1, 0.15) is 23.4 Å². The Morgan fingerprint density at radius 2 is 1.73 bits per heavy atom. The van der Waals surface area contributed by atoms with Gasteiger partial charge in [-0.1, -0.05) is 12.1 Å². The van der Waals surface area contributed by atoms with Gasteiger partial charge in [0.25, 0.3) is 0 Å². The molecule has 174 valence electrons. The van der Waals surface area contributed by atoms with Crippen molar-refractivity contribution in [1.82, 2.24) is 14.3 Å². The number of nitrogens with one attached hydrogen (secondary N) is 1. The number of benzene rings is 2. The van der Waals surface area contributed by atoms with Gasteiger partial charge in [0.1, 0.15) is 11.6 Å². The number of rotatable bonds is 4. The van der Waals surface area contributed by atoms with Gasteiger partial charge >= 0.3 is 12.2 Å². The summed E-state index contributed by atoms with van der Waals surface area (Å²) in [6.45, 7) is 2.23. The number of hydrogen-bond donors (Lipinski definition) is 1. The molecule has 33 heavy (non-hydrogen) atoms. The summed E-state index contributed by atoms with van der Waals surface area (Å²) in [4.78, 5) is 20.9. The highest BCUT2D eigenvalue weighted by molar-refractivity contribution is 7.09. The SMILES string of the molecule is O=C(Nc1ccc(C(F)(F)F)cc1)N1CCCN(c2nc(Cc3ccc(F)cc3)ns2)CC1. The molecule has 1 N–H and O–H groups in total. The van der Waals surface area contributed by atoms with Crippen molar-refractivity contribution in [2.45, 2.75) is 19.0 Å². The van der Waals surface area contributed by atoms with E-state index < -0.39 is 11.7 Å². The minimum absolute atomic E-state index is 0.290. The molecule has 1 aliphatic heterocycles. The van der Waals surface area contributed by atoms with Crippen molar-refractivity contribution in [1.29, 1.82) is 0 Å². The third-order valence-electron chi connectivity index (χ3n) is 5.25. The Bertz CT molecular complexity index is 1090.